The molecule has 1 heterocycles. The number of nitrogens with one attached hydrogen (secondary N) is 2. The second-order valence-electron chi connectivity index (χ2n) is 5.87. The summed E-state index contributed by atoms with van der Waals surface area (Å²) in [6.07, 6.45) is 0.666. The number of benzene rings is 1. The van der Waals surface area contributed by atoms with Crippen molar-refractivity contribution in [3.8, 4) is 0 Å². The van der Waals surface area contributed by atoms with Gasteiger partial charge in [0.1, 0.15) is 0 Å². The van der Waals surface area contributed by atoms with E-state index in [0.717, 1.165) is 0 Å². The van der Waals surface area contributed by atoms with Gasteiger partial charge in [-0.25, -0.2) is 0 Å². The summed E-state index contributed by atoms with van der Waals surface area (Å²) in [6.45, 7) is 4.38. The van der Waals surface area contributed by atoms with Gasteiger partial charge in [0.05, 0.1) is 11.5 Å². The molecule has 1 aromatic carbocycles. The molecular formula is C15H21N3O2. The Labute approximate surface area is 118 Å². The molecule has 20 heavy (non-hydrogen) atoms. The quantitative estimate of drug-likeness (QED) is 0.740. The highest BCUT2D eigenvalue weighted by Gasteiger charge is 2.28. The van der Waals surface area contributed by atoms with Crippen molar-refractivity contribution >= 4 is 11.8 Å². The van der Waals surface area contributed by atoms with Crippen molar-refractivity contribution in [2.24, 2.45) is 11.1 Å². The first-order valence-electron chi connectivity index (χ1n) is 6.78. The lowest BCUT2D eigenvalue weighted by Gasteiger charge is -2.27. The number of rotatable bonds is 4. The molecule has 5 nitrogen and oxygen atoms in total. The number of fused-ring (bicyclic) bond motifs is 1. The molecule has 0 bridgehead atoms. The van der Waals surface area contributed by atoms with Crippen LogP contribution >= 0.6 is 0 Å². The predicted molar refractivity (Wildman–Crippen MR) is 76.8 cm³/mol. The van der Waals surface area contributed by atoms with Gasteiger partial charge in [-0.05, 0) is 31.4 Å². The minimum Gasteiger partial charge on any atom is -0.369 e. The van der Waals surface area contributed by atoms with Gasteiger partial charge in [-0.2, -0.15) is 0 Å². The summed E-state index contributed by atoms with van der Waals surface area (Å²) in [5, 5.41) is 6.01. The molecule has 1 unspecified atom stereocenters. The van der Waals surface area contributed by atoms with E-state index < -0.39 is 11.3 Å². The van der Waals surface area contributed by atoms with Gasteiger partial charge < -0.3 is 16.4 Å². The average Bonchev–Trinajstić information content (AvgIpc) is 2.44. The van der Waals surface area contributed by atoms with Crippen LogP contribution in [0.3, 0.4) is 0 Å². The Morgan fingerprint density at radius 1 is 1.35 bits per heavy atom. The van der Waals surface area contributed by atoms with Crippen LogP contribution < -0.4 is 16.4 Å². The van der Waals surface area contributed by atoms with E-state index in [4.69, 9.17) is 5.73 Å². The smallest absolute Gasteiger partial charge is 0.237 e. The first-order chi connectivity index (χ1) is 9.40. The highest BCUT2D eigenvalue weighted by molar-refractivity contribution is 5.84. The Kier molecular flexibility index (Phi) is 4.09. The van der Waals surface area contributed by atoms with Crippen LogP contribution in [0.2, 0.25) is 0 Å². The molecule has 1 aromatic rings. The summed E-state index contributed by atoms with van der Waals surface area (Å²) in [5.74, 6) is -0.506. The van der Waals surface area contributed by atoms with Crippen LogP contribution in [-0.2, 0) is 22.6 Å². The van der Waals surface area contributed by atoms with Crippen LogP contribution in [0.5, 0.6) is 0 Å². The molecule has 1 aliphatic rings. The third-order valence-corrected chi connectivity index (χ3v) is 3.77. The molecule has 2 rings (SSSR count). The summed E-state index contributed by atoms with van der Waals surface area (Å²) in [7, 11) is 0. The Morgan fingerprint density at radius 3 is 2.65 bits per heavy atom. The van der Waals surface area contributed by atoms with Crippen LogP contribution in [0.15, 0.2) is 24.3 Å². The molecular weight excluding hydrogens is 254 g/mol. The van der Waals surface area contributed by atoms with E-state index in [9.17, 15) is 9.59 Å². The van der Waals surface area contributed by atoms with Crippen molar-refractivity contribution in [2.45, 2.75) is 32.9 Å². The highest BCUT2D eigenvalue weighted by atomic mass is 16.2. The minimum absolute atomic E-state index is 0.0890. The van der Waals surface area contributed by atoms with Crippen molar-refractivity contribution in [3.63, 3.8) is 0 Å². The van der Waals surface area contributed by atoms with Crippen molar-refractivity contribution < 1.29 is 9.59 Å². The second kappa shape index (κ2) is 5.63. The number of amides is 2. The van der Waals surface area contributed by atoms with E-state index in [1.807, 2.05) is 18.2 Å². The van der Waals surface area contributed by atoms with E-state index in [2.05, 4.69) is 16.7 Å². The van der Waals surface area contributed by atoms with Crippen molar-refractivity contribution in [3.05, 3.63) is 35.4 Å². The summed E-state index contributed by atoms with van der Waals surface area (Å²) in [5.41, 5.74) is 6.98. The van der Waals surface area contributed by atoms with Gasteiger partial charge in [-0.1, -0.05) is 24.3 Å². The lowest BCUT2D eigenvalue weighted by atomic mass is 9.92. The first-order valence-corrected chi connectivity index (χ1v) is 6.78. The molecule has 4 N–H and O–H groups in total. The SMILES string of the molecule is CC(C)(CNC(=O)C1Cc2ccccc2CN1)C(N)=O. The molecule has 108 valence electrons. The van der Waals surface area contributed by atoms with Crippen LogP contribution in [0.1, 0.15) is 25.0 Å². The van der Waals surface area contributed by atoms with Gasteiger partial charge in [0, 0.05) is 13.1 Å². The fraction of sp³-hybridized carbons (Fsp3) is 0.467. The van der Waals surface area contributed by atoms with Gasteiger partial charge in [-0.15, -0.1) is 0 Å². The molecule has 0 aromatic heterocycles. The third kappa shape index (κ3) is 3.17. The third-order valence-electron chi connectivity index (χ3n) is 3.77. The number of carbonyl (C=O) groups excluding carboxylic acids is 2. The van der Waals surface area contributed by atoms with E-state index in [1.165, 1.54) is 11.1 Å². The van der Waals surface area contributed by atoms with Crippen molar-refractivity contribution in [2.75, 3.05) is 6.54 Å². The Balaban J connectivity index is 1.94. The summed E-state index contributed by atoms with van der Waals surface area (Å²) in [4.78, 5) is 23.4. The summed E-state index contributed by atoms with van der Waals surface area (Å²) in [6, 6.07) is 7.83. The topological polar surface area (TPSA) is 84.2 Å². The fourth-order valence-corrected chi connectivity index (χ4v) is 2.16. The zero-order valence-corrected chi connectivity index (χ0v) is 11.9. The van der Waals surface area contributed by atoms with Crippen LogP contribution in [-0.4, -0.2) is 24.4 Å². The second-order valence-corrected chi connectivity index (χ2v) is 5.87. The molecule has 0 radical (unpaired) electrons. The Bertz CT molecular complexity index is 526. The van der Waals surface area contributed by atoms with E-state index in [0.29, 0.717) is 13.0 Å². The van der Waals surface area contributed by atoms with E-state index in [1.54, 1.807) is 13.8 Å². The Morgan fingerprint density at radius 2 is 2.00 bits per heavy atom. The van der Waals surface area contributed by atoms with Crippen molar-refractivity contribution in [1.82, 2.24) is 10.6 Å². The lowest BCUT2D eigenvalue weighted by Crippen LogP contribution is -2.51. The highest BCUT2D eigenvalue weighted by Crippen LogP contribution is 2.17. The lowest BCUT2D eigenvalue weighted by molar-refractivity contribution is -0.127. The zero-order chi connectivity index (χ0) is 14.8. The number of hydrogen-bond donors (Lipinski definition) is 3. The molecule has 1 atom stereocenters. The van der Waals surface area contributed by atoms with Crippen LogP contribution in [0, 0.1) is 5.41 Å². The maximum absolute atomic E-state index is 12.2. The van der Waals surface area contributed by atoms with Gasteiger partial charge in [0.25, 0.3) is 0 Å². The number of hydrogen-bond acceptors (Lipinski definition) is 3. The molecule has 2 amide bonds. The maximum atomic E-state index is 12.2. The normalized spacial score (nSPS) is 18.2. The van der Waals surface area contributed by atoms with E-state index in [-0.39, 0.29) is 18.5 Å². The van der Waals surface area contributed by atoms with Gasteiger partial charge in [0.15, 0.2) is 0 Å². The number of nitrogens with two attached hydrogens (primary N) is 1. The molecule has 0 aliphatic carbocycles. The van der Waals surface area contributed by atoms with Gasteiger partial charge in [-0.3, -0.25) is 9.59 Å². The van der Waals surface area contributed by atoms with Crippen molar-refractivity contribution in [1.29, 1.82) is 0 Å². The fourth-order valence-electron chi connectivity index (χ4n) is 2.16. The van der Waals surface area contributed by atoms with E-state index >= 15 is 0 Å². The maximum Gasteiger partial charge on any atom is 0.237 e. The van der Waals surface area contributed by atoms with Gasteiger partial charge in [0.2, 0.25) is 11.8 Å². The first kappa shape index (κ1) is 14.5. The van der Waals surface area contributed by atoms with Crippen LogP contribution in [0.25, 0.3) is 0 Å². The summed E-state index contributed by atoms with van der Waals surface area (Å²) >= 11 is 0. The summed E-state index contributed by atoms with van der Waals surface area (Å²) < 4.78 is 0. The Hall–Kier alpha value is -1.88. The van der Waals surface area contributed by atoms with Gasteiger partial charge >= 0.3 is 0 Å². The molecule has 0 saturated heterocycles. The average molecular weight is 275 g/mol. The standard InChI is InChI=1S/C15H21N3O2/c1-15(2,14(16)20)9-18-13(19)12-7-10-5-3-4-6-11(10)8-17-12/h3-6,12,17H,7-9H2,1-2H3,(H2,16,20)(H,18,19). The number of primary amides is 1. The predicted octanol–water partition coefficient (Wildman–Crippen LogP) is 0.329. The molecule has 0 spiro atoms. The monoisotopic (exact) mass is 275 g/mol. The largest absolute Gasteiger partial charge is 0.369 e. The molecule has 5 heteroatoms. The number of carbonyl (C=O) groups is 2. The molecule has 0 fully saturated rings. The minimum atomic E-state index is -0.734. The molecule has 1 aliphatic heterocycles. The zero-order valence-electron chi connectivity index (χ0n) is 11.9. The molecule has 0 saturated carbocycles. The van der Waals surface area contributed by atoms with Crippen LogP contribution in [0.4, 0.5) is 0 Å².